The largest absolute Gasteiger partial charge is 0.369 e. The molecule has 0 aliphatic heterocycles. The van der Waals surface area contributed by atoms with E-state index in [0.29, 0.717) is 5.92 Å². The Morgan fingerprint density at radius 2 is 1.75 bits per heavy atom. The highest BCUT2D eigenvalue weighted by Crippen LogP contribution is 2.41. The molecular weight excluding hydrogens is 344 g/mol. The molecule has 3 unspecified atom stereocenters. The summed E-state index contributed by atoms with van der Waals surface area (Å²) in [6, 6.07) is 22.8. The van der Waals surface area contributed by atoms with Gasteiger partial charge in [-0.1, -0.05) is 60.7 Å². The Labute approximate surface area is 166 Å². The monoisotopic (exact) mass is 370 g/mol. The third-order valence-corrected chi connectivity index (χ3v) is 6.00. The van der Waals surface area contributed by atoms with Gasteiger partial charge in [0.1, 0.15) is 0 Å². The zero-order valence-electron chi connectivity index (χ0n) is 16.0. The van der Waals surface area contributed by atoms with Crippen molar-refractivity contribution in [3.05, 3.63) is 101 Å². The quantitative estimate of drug-likeness (QED) is 0.676. The molecule has 3 aromatic rings. The van der Waals surface area contributed by atoms with Crippen molar-refractivity contribution in [2.45, 2.75) is 37.5 Å². The molecule has 0 spiro atoms. The first-order chi connectivity index (χ1) is 13.7. The average molecular weight is 370 g/mol. The molecule has 3 heteroatoms. The van der Waals surface area contributed by atoms with Crippen molar-refractivity contribution < 1.29 is 4.79 Å². The van der Waals surface area contributed by atoms with Crippen LogP contribution in [0, 0.1) is 5.92 Å². The summed E-state index contributed by atoms with van der Waals surface area (Å²) in [5, 5.41) is 0. The second-order valence-electron chi connectivity index (χ2n) is 7.71. The second kappa shape index (κ2) is 8.39. The number of hydrogen-bond donors (Lipinski definition) is 1. The lowest BCUT2D eigenvalue weighted by Crippen LogP contribution is -2.31. The lowest BCUT2D eigenvalue weighted by Gasteiger charge is -2.32. The Hall–Kier alpha value is -2.94. The minimum absolute atomic E-state index is 0.0820. The maximum absolute atomic E-state index is 12.7. The minimum atomic E-state index is -0.275. The molecular formula is C25H26N2O. The van der Waals surface area contributed by atoms with Gasteiger partial charge < -0.3 is 5.73 Å². The van der Waals surface area contributed by atoms with E-state index in [1.165, 1.54) is 11.1 Å². The molecule has 0 bridgehead atoms. The molecule has 2 aromatic carbocycles. The van der Waals surface area contributed by atoms with Crippen LogP contribution in [0.25, 0.3) is 0 Å². The highest BCUT2D eigenvalue weighted by atomic mass is 16.1. The van der Waals surface area contributed by atoms with Gasteiger partial charge in [0.25, 0.3) is 0 Å². The Morgan fingerprint density at radius 1 is 1.00 bits per heavy atom. The summed E-state index contributed by atoms with van der Waals surface area (Å²) in [5.41, 5.74) is 11.0. The van der Waals surface area contributed by atoms with Crippen molar-refractivity contribution in [3.63, 3.8) is 0 Å². The fourth-order valence-corrected chi connectivity index (χ4v) is 4.70. The van der Waals surface area contributed by atoms with Gasteiger partial charge in [0.2, 0.25) is 5.91 Å². The van der Waals surface area contributed by atoms with Crippen molar-refractivity contribution >= 4 is 5.91 Å². The summed E-state index contributed by atoms with van der Waals surface area (Å²) in [7, 11) is 0. The first-order valence-electron chi connectivity index (χ1n) is 10.1. The van der Waals surface area contributed by atoms with Gasteiger partial charge in [-0.05, 0) is 59.9 Å². The molecule has 1 aliphatic carbocycles. The first kappa shape index (κ1) is 18.4. The molecule has 4 rings (SSSR count). The molecule has 3 atom stereocenters. The van der Waals surface area contributed by atoms with E-state index >= 15 is 0 Å². The van der Waals surface area contributed by atoms with E-state index in [4.69, 9.17) is 5.73 Å². The summed E-state index contributed by atoms with van der Waals surface area (Å²) in [4.78, 5) is 17.0. The van der Waals surface area contributed by atoms with E-state index < -0.39 is 0 Å². The molecule has 0 saturated carbocycles. The first-order valence-corrected chi connectivity index (χ1v) is 10.1. The third-order valence-electron chi connectivity index (χ3n) is 6.00. The summed E-state index contributed by atoms with van der Waals surface area (Å²) < 4.78 is 0. The van der Waals surface area contributed by atoms with Gasteiger partial charge in [-0.25, -0.2) is 0 Å². The van der Waals surface area contributed by atoms with Crippen LogP contribution in [0.5, 0.6) is 0 Å². The number of amides is 1. The standard InChI is InChI=1S/C25H26N2O/c26-25(28)23(16-20-12-6-11-18-8-4-5-14-22(18)20)24(19-9-2-1-3-10-19)21-13-7-15-27-17-21/h1-5,7-10,13-15,17,20,23-24H,6,11-12,16H2,(H2,26,28). The molecule has 1 aliphatic rings. The lowest BCUT2D eigenvalue weighted by molar-refractivity contribution is -0.122. The van der Waals surface area contributed by atoms with Crippen LogP contribution in [0.4, 0.5) is 0 Å². The number of carbonyl (C=O) groups excluding carboxylic acids is 1. The summed E-state index contributed by atoms with van der Waals surface area (Å²) in [6.45, 7) is 0. The fourth-order valence-electron chi connectivity index (χ4n) is 4.70. The van der Waals surface area contributed by atoms with Gasteiger partial charge in [-0.15, -0.1) is 0 Å². The molecule has 3 nitrogen and oxygen atoms in total. The van der Waals surface area contributed by atoms with Crippen LogP contribution in [-0.4, -0.2) is 10.9 Å². The van der Waals surface area contributed by atoms with Gasteiger partial charge >= 0.3 is 0 Å². The van der Waals surface area contributed by atoms with Crippen LogP contribution in [0.1, 0.15) is 53.4 Å². The van der Waals surface area contributed by atoms with Gasteiger partial charge in [0, 0.05) is 24.2 Å². The van der Waals surface area contributed by atoms with Crippen LogP contribution in [0.3, 0.4) is 0 Å². The predicted octanol–water partition coefficient (Wildman–Crippen LogP) is 4.83. The molecule has 0 fully saturated rings. The lowest BCUT2D eigenvalue weighted by atomic mass is 9.72. The number of hydrogen-bond acceptors (Lipinski definition) is 2. The number of primary amides is 1. The molecule has 28 heavy (non-hydrogen) atoms. The van der Waals surface area contributed by atoms with Crippen LogP contribution in [0.2, 0.25) is 0 Å². The zero-order valence-corrected chi connectivity index (χ0v) is 16.0. The summed E-state index contributed by atoms with van der Waals surface area (Å²) in [5.74, 6) is -0.227. The van der Waals surface area contributed by atoms with E-state index in [1.807, 2.05) is 30.5 Å². The van der Waals surface area contributed by atoms with Gasteiger partial charge in [0.05, 0.1) is 0 Å². The number of rotatable bonds is 6. The summed E-state index contributed by atoms with van der Waals surface area (Å²) in [6.07, 6.45) is 7.79. The molecule has 1 aromatic heterocycles. The van der Waals surface area contributed by atoms with Gasteiger partial charge in [0.15, 0.2) is 0 Å². The van der Waals surface area contributed by atoms with E-state index in [0.717, 1.165) is 36.8 Å². The van der Waals surface area contributed by atoms with Crippen LogP contribution >= 0.6 is 0 Å². The third kappa shape index (κ3) is 3.84. The number of benzene rings is 2. The van der Waals surface area contributed by atoms with E-state index in [2.05, 4.69) is 47.4 Å². The van der Waals surface area contributed by atoms with Gasteiger partial charge in [-0.3, -0.25) is 9.78 Å². The predicted molar refractivity (Wildman–Crippen MR) is 112 cm³/mol. The maximum Gasteiger partial charge on any atom is 0.221 e. The Balaban J connectivity index is 1.72. The van der Waals surface area contributed by atoms with Crippen LogP contribution in [-0.2, 0) is 11.2 Å². The van der Waals surface area contributed by atoms with Crippen molar-refractivity contribution in [2.75, 3.05) is 0 Å². The minimum Gasteiger partial charge on any atom is -0.369 e. The van der Waals surface area contributed by atoms with Gasteiger partial charge in [-0.2, -0.15) is 0 Å². The number of nitrogens with two attached hydrogens (primary N) is 1. The Bertz CT molecular complexity index is 884. The Kier molecular flexibility index (Phi) is 5.52. The van der Waals surface area contributed by atoms with E-state index in [-0.39, 0.29) is 17.7 Å². The normalized spacial score (nSPS) is 18.1. The van der Waals surface area contributed by atoms with Crippen molar-refractivity contribution in [1.29, 1.82) is 0 Å². The number of pyridine rings is 1. The maximum atomic E-state index is 12.7. The topological polar surface area (TPSA) is 56.0 Å². The Morgan fingerprint density at radius 3 is 2.50 bits per heavy atom. The smallest absolute Gasteiger partial charge is 0.221 e. The number of fused-ring (bicyclic) bond motifs is 1. The van der Waals surface area contributed by atoms with Crippen molar-refractivity contribution in [3.8, 4) is 0 Å². The highest BCUT2D eigenvalue weighted by molar-refractivity contribution is 5.78. The molecule has 0 saturated heterocycles. The van der Waals surface area contributed by atoms with Crippen molar-refractivity contribution in [2.24, 2.45) is 11.7 Å². The van der Waals surface area contributed by atoms with Crippen molar-refractivity contribution in [1.82, 2.24) is 4.98 Å². The fraction of sp³-hybridized carbons (Fsp3) is 0.280. The van der Waals surface area contributed by atoms with E-state index in [9.17, 15) is 4.79 Å². The molecule has 1 amide bonds. The SMILES string of the molecule is NC(=O)C(CC1CCCc2ccccc21)C(c1ccccc1)c1cccnc1. The molecule has 0 radical (unpaired) electrons. The summed E-state index contributed by atoms with van der Waals surface area (Å²) >= 11 is 0. The number of aromatic nitrogens is 1. The van der Waals surface area contributed by atoms with Crippen LogP contribution in [0.15, 0.2) is 79.1 Å². The average Bonchev–Trinajstić information content (AvgIpc) is 2.75. The number of nitrogens with zero attached hydrogens (tertiary/aromatic N) is 1. The number of carbonyl (C=O) groups is 1. The highest BCUT2D eigenvalue weighted by Gasteiger charge is 2.33. The second-order valence-corrected chi connectivity index (χ2v) is 7.71. The molecule has 1 heterocycles. The van der Waals surface area contributed by atoms with Crippen LogP contribution < -0.4 is 5.73 Å². The zero-order chi connectivity index (χ0) is 19.3. The molecule has 142 valence electrons. The van der Waals surface area contributed by atoms with E-state index in [1.54, 1.807) is 6.20 Å². The molecule has 2 N–H and O–H groups in total. The number of aryl methyl sites for hydroxylation is 1.